The summed E-state index contributed by atoms with van der Waals surface area (Å²) >= 11 is 0. The summed E-state index contributed by atoms with van der Waals surface area (Å²) in [5, 5.41) is 6.87. The van der Waals surface area contributed by atoms with Crippen molar-refractivity contribution in [1.29, 1.82) is 0 Å². The van der Waals surface area contributed by atoms with Crippen LogP contribution in [0.4, 0.5) is 0 Å². The van der Waals surface area contributed by atoms with Crippen molar-refractivity contribution in [2.75, 3.05) is 6.54 Å². The van der Waals surface area contributed by atoms with Crippen LogP contribution in [0.25, 0.3) is 0 Å². The predicted octanol–water partition coefficient (Wildman–Crippen LogP) is 3.27. The molecule has 0 saturated carbocycles. The first-order chi connectivity index (χ1) is 8.51. The Bertz CT molecular complexity index is 392. The van der Waals surface area contributed by atoms with Gasteiger partial charge in [0.1, 0.15) is 5.56 Å². The summed E-state index contributed by atoms with van der Waals surface area (Å²) in [5.41, 5.74) is 1.27. The first-order valence-corrected chi connectivity index (χ1v) is 6.75. The first-order valence-electron chi connectivity index (χ1n) is 6.75. The van der Waals surface area contributed by atoms with Gasteiger partial charge in [0.05, 0.1) is 5.69 Å². The Morgan fingerprint density at radius 3 is 2.44 bits per heavy atom. The van der Waals surface area contributed by atoms with Gasteiger partial charge in [0.15, 0.2) is 5.76 Å². The molecular formula is C14H24N2O2. The van der Waals surface area contributed by atoms with Crippen molar-refractivity contribution in [2.45, 2.75) is 53.4 Å². The minimum Gasteiger partial charge on any atom is -0.360 e. The van der Waals surface area contributed by atoms with Crippen LogP contribution >= 0.6 is 0 Å². The molecule has 0 radical (unpaired) electrons. The van der Waals surface area contributed by atoms with E-state index < -0.39 is 0 Å². The molecule has 1 aromatic rings. The molecule has 0 atom stereocenters. The zero-order valence-corrected chi connectivity index (χ0v) is 12.0. The highest BCUT2D eigenvalue weighted by Gasteiger charge is 2.22. The fourth-order valence-electron chi connectivity index (χ4n) is 1.96. The Kier molecular flexibility index (Phi) is 5.38. The molecule has 0 aliphatic heterocycles. The lowest BCUT2D eigenvalue weighted by molar-refractivity contribution is 0.0943. The van der Waals surface area contributed by atoms with Gasteiger partial charge in [-0.15, -0.1) is 0 Å². The van der Waals surface area contributed by atoms with Crippen molar-refractivity contribution in [1.82, 2.24) is 10.5 Å². The van der Waals surface area contributed by atoms with Crippen LogP contribution in [0.15, 0.2) is 4.52 Å². The van der Waals surface area contributed by atoms with Crippen LogP contribution in [0, 0.1) is 12.8 Å². The Morgan fingerprint density at radius 2 is 1.94 bits per heavy atom. The summed E-state index contributed by atoms with van der Waals surface area (Å²) < 4.78 is 5.23. The van der Waals surface area contributed by atoms with Crippen LogP contribution in [-0.2, 0) is 0 Å². The highest BCUT2D eigenvalue weighted by molar-refractivity contribution is 5.96. The lowest BCUT2D eigenvalue weighted by Gasteiger charge is -2.13. The Balaban J connectivity index is 2.75. The van der Waals surface area contributed by atoms with Crippen molar-refractivity contribution in [2.24, 2.45) is 5.92 Å². The molecule has 1 aromatic heterocycles. The van der Waals surface area contributed by atoms with Gasteiger partial charge in [-0.3, -0.25) is 4.79 Å². The van der Waals surface area contributed by atoms with Gasteiger partial charge in [0.25, 0.3) is 5.91 Å². The van der Waals surface area contributed by atoms with Crippen LogP contribution in [0.2, 0.25) is 0 Å². The number of carbonyl (C=O) groups excluding carboxylic acids is 1. The second-order valence-corrected chi connectivity index (χ2v) is 5.05. The fraction of sp³-hybridized carbons (Fsp3) is 0.714. The van der Waals surface area contributed by atoms with E-state index in [1.165, 1.54) is 0 Å². The molecule has 1 heterocycles. The van der Waals surface area contributed by atoms with Crippen LogP contribution in [0.5, 0.6) is 0 Å². The second-order valence-electron chi connectivity index (χ2n) is 5.05. The van der Waals surface area contributed by atoms with E-state index in [1.807, 2.05) is 13.8 Å². The number of hydrogen-bond acceptors (Lipinski definition) is 3. The molecule has 0 fully saturated rings. The third kappa shape index (κ3) is 3.34. The third-order valence-corrected chi connectivity index (χ3v) is 3.35. The maximum absolute atomic E-state index is 12.2. The molecule has 4 nitrogen and oxygen atoms in total. The summed E-state index contributed by atoms with van der Waals surface area (Å²) in [5.74, 6) is 1.32. The molecule has 102 valence electrons. The minimum atomic E-state index is -0.0654. The van der Waals surface area contributed by atoms with Crippen molar-refractivity contribution in [3.05, 3.63) is 17.0 Å². The normalized spacial score (nSPS) is 11.3. The smallest absolute Gasteiger partial charge is 0.256 e. The van der Waals surface area contributed by atoms with Crippen molar-refractivity contribution >= 4 is 5.91 Å². The maximum Gasteiger partial charge on any atom is 0.256 e. The molecule has 1 rings (SSSR count). The molecule has 0 unspecified atom stereocenters. The van der Waals surface area contributed by atoms with E-state index in [1.54, 1.807) is 6.92 Å². The van der Waals surface area contributed by atoms with Gasteiger partial charge < -0.3 is 9.84 Å². The van der Waals surface area contributed by atoms with E-state index in [4.69, 9.17) is 4.52 Å². The summed E-state index contributed by atoms with van der Waals surface area (Å²) in [6, 6.07) is 0. The van der Waals surface area contributed by atoms with Gasteiger partial charge in [-0.05, 0) is 12.8 Å². The number of nitrogens with zero attached hydrogens (tertiary/aromatic N) is 1. The summed E-state index contributed by atoms with van der Waals surface area (Å²) in [6.45, 7) is 10.8. The van der Waals surface area contributed by atoms with Crippen LogP contribution < -0.4 is 5.32 Å². The highest BCUT2D eigenvalue weighted by atomic mass is 16.5. The van der Waals surface area contributed by atoms with Gasteiger partial charge in [-0.2, -0.15) is 0 Å². The van der Waals surface area contributed by atoms with E-state index in [0.717, 1.165) is 12.8 Å². The molecule has 1 amide bonds. The number of nitrogens with one attached hydrogen (secondary N) is 1. The standard InChI is InChI=1S/C14H24N2O2/c1-6-11(7-2)8-15-14(17)12-10(5)16-18-13(12)9(3)4/h9,11H,6-8H2,1-5H3,(H,15,17). The first kappa shape index (κ1) is 14.7. The molecule has 4 heteroatoms. The largest absolute Gasteiger partial charge is 0.360 e. The predicted molar refractivity (Wildman–Crippen MR) is 71.7 cm³/mol. The summed E-state index contributed by atoms with van der Waals surface area (Å²) in [7, 11) is 0. The van der Waals surface area contributed by atoms with E-state index in [9.17, 15) is 4.79 Å². The molecule has 18 heavy (non-hydrogen) atoms. The minimum absolute atomic E-state index is 0.0654. The fourth-order valence-corrected chi connectivity index (χ4v) is 1.96. The lowest BCUT2D eigenvalue weighted by atomic mass is 10.0. The van der Waals surface area contributed by atoms with Gasteiger partial charge in [0.2, 0.25) is 0 Å². The number of hydrogen-bond donors (Lipinski definition) is 1. The van der Waals surface area contributed by atoms with Crippen LogP contribution in [0.1, 0.15) is 68.3 Å². The van der Waals surface area contributed by atoms with E-state index in [2.05, 4.69) is 24.3 Å². The quantitative estimate of drug-likeness (QED) is 0.845. The highest BCUT2D eigenvalue weighted by Crippen LogP contribution is 2.22. The lowest BCUT2D eigenvalue weighted by Crippen LogP contribution is -2.29. The van der Waals surface area contributed by atoms with E-state index in [-0.39, 0.29) is 11.8 Å². The molecule has 0 saturated heterocycles. The summed E-state index contributed by atoms with van der Waals surface area (Å²) in [6.07, 6.45) is 2.16. The molecule has 0 aliphatic rings. The monoisotopic (exact) mass is 252 g/mol. The molecule has 0 aromatic carbocycles. The Morgan fingerprint density at radius 1 is 1.33 bits per heavy atom. The second kappa shape index (κ2) is 6.57. The van der Waals surface area contributed by atoms with Gasteiger partial charge in [0, 0.05) is 12.5 Å². The molecule has 0 spiro atoms. The average Bonchev–Trinajstić information content (AvgIpc) is 2.72. The number of aromatic nitrogens is 1. The van der Waals surface area contributed by atoms with E-state index >= 15 is 0 Å². The number of rotatable bonds is 6. The molecule has 0 bridgehead atoms. The van der Waals surface area contributed by atoms with Crippen molar-refractivity contribution in [3.8, 4) is 0 Å². The van der Waals surface area contributed by atoms with Gasteiger partial charge in [-0.25, -0.2) is 0 Å². The number of amides is 1. The average molecular weight is 252 g/mol. The molecular weight excluding hydrogens is 228 g/mol. The maximum atomic E-state index is 12.2. The third-order valence-electron chi connectivity index (χ3n) is 3.35. The number of carbonyl (C=O) groups is 1. The van der Waals surface area contributed by atoms with Crippen LogP contribution in [0.3, 0.4) is 0 Å². The topological polar surface area (TPSA) is 55.1 Å². The number of aryl methyl sites for hydroxylation is 1. The van der Waals surface area contributed by atoms with E-state index in [0.29, 0.717) is 29.5 Å². The van der Waals surface area contributed by atoms with Gasteiger partial charge >= 0.3 is 0 Å². The Labute approximate surface area is 109 Å². The van der Waals surface area contributed by atoms with Crippen molar-refractivity contribution < 1.29 is 9.32 Å². The SMILES string of the molecule is CCC(CC)CNC(=O)c1c(C)noc1C(C)C. The zero-order chi connectivity index (χ0) is 13.7. The Hall–Kier alpha value is -1.32. The zero-order valence-electron chi connectivity index (χ0n) is 12.0. The summed E-state index contributed by atoms with van der Waals surface area (Å²) in [4.78, 5) is 12.2. The van der Waals surface area contributed by atoms with Crippen LogP contribution in [-0.4, -0.2) is 17.6 Å². The van der Waals surface area contributed by atoms with Crippen molar-refractivity contribution in [3.63, 3.8) is 0 Å². The molecule has 0 aliphatic carbocycles. The van der Waals surface area contributed by atoms with Gasteiger partial charge in [-0.1, -0.05) is 45.7 Å². The molecule has 1 N–H and O–H groups in total.